The fraction of sp³-hybridized carbons (Fsp3) is 0.250. The molecule has 0 atom stereocenters. The van der Waals surface area contributed by atoms with Gasteiger partial charge in [0.05, 0.1) is 30.3 Å². The van der Waals surface area contributed by atoms with Crippen molar-refractivity contribution in [1.29, 1.82) is 0 Å². The molecule has 2 aromatic heterocycles. The maximum absolute atomic E-state index is 12.7. The molecule has 3 aromatic rings. The van der Waals surface area contributed by atoms with Crippen LogP contribution in [0.15, 0.2) is 59.1 Å². The number of hydrogen-bond donors (Lipinski definition) is 1. The lowest BCUT2D eigenvalue weighted by molar-refractivity contribution is 0.0730. The molecular formula is C20H20N4O4S2. The molecule has 1 aliphatic rings. The van der Waals surface area contributed by atoms with Gasteiger partial charge in [-0.15, -0.1) is 11.3 Å². The van der Waals surface area contributed by atoms with Crippen molar-refractivity contribution < 1.29 is 17.9 Å². The van der Waals surface area contributed by atoms with Gasteiger partial charge >= 0.3 is 0 Å². The fourth-order valence-corrected chi connectivity index (χ4v) is 5.17. The number of carbonyl (C=O) groups is 1. The van der Waals surface area contributed by atoms with E-state index in [1.807, 2.05) is 17.5 Å². The normalized spacial score (nSPS) is 15.1. The first-order valence-electron chi connectivity index (χ1n) is 9.35. The average Bonchev–Trinajstić information content (AvgIpc) is 3.28. The van der Waals surface area contributed by atoms with Crippen LogP contribution in [0.2, 0.25) is 0 Å². The molecule has 0 bridgehead atoms. The van der Waals surface area contributed by atoms with Gasteiger partial charge < -0.3 is 10.1 Å². The first-order chi connectivity index (χ1) is 14.5. The average molecular weight is 445 g/mol. The van der Waals surface area contributed by atoms with Crippen molar-refractivity contribution >= 4 is 27.3 Å². The van der Waals surface area contributed by atoms with Gasteiger partial charge in [-0.1, -0.05) is 0 Å². The number of rotatable bonds is 6. The molecule has 156 valence electrons. The third-order valence-corrected chi connectivity index (χ3v) is 7.41. The number of pyridine rings is 1. The van der Waals surface area contributed by atoms with E-state index in [1.165, 1.54) is 39.9 Å². The monoisotopic (exact) mass is 444 g/mol. The molecule has 0 spiro atoms. The SMILES string of the molecule is O=C(NCc1nc(-c2ccncc2)cs1)c1ccc(S(=O)(=O)N2CCOCC2)cc1. The van der Waals surface area contributed by atoms with Gasteiger partial charge in [0.15, 0.2) is 0 Å². The third-order valence-electron chi connectivity index (χ3n) is 4.65. The lowest BCUT2D eigenvalue weighted by atomic mass is 10.2. The fourth-order valence-electron chi connectivity index (χ4n) is 3.02. The Morgan fingerprint density at radius 3 is 2.50 bits per heavy atom. The van der Waals surface area contributed by atoms with Crippen molar-refractivity contribution in [3.8, 4) is 11.3 Å². The zero-order valence-electron chi connectivity index (χ0n) is 16.0. The first kappa shape index (κ1) is 20.6. The number of amides is 1. The predicted octanol–water partition coefficient (Wildman–Crippen LogP) is 2.16. The van der Waals surface area contributed by atoms with Crippen molar-refractivity contribution in [3.63, 3.8) is 0 Å². The van der Waals surface area contributed by atoms with E-state index in [-0.39, 0.29) is 10.8 Å². The van der Waals surface area contributed by atoms with Crippen molar-refractivity contribution in [2.24, 2.45) is 0 Å². The largest absolute Gasteiger partial charge is 0.379 e. The number of hydrogen-bond acceptors (Lipinski definition) is 7. The zero-order chi connectivity index (χ0) is 21.0. The molecule has 8 nitrogen and oxygen atoms in total. The number of nitrogens with one attached hydrogen (secondary N) is 1. The Morgan fingerprint density at radius 1 is 1.10 bits per heavy atom. The third kappa shape index (κ3) is 4.57. The summed E-state index contributed by atoms with van der Waals surface area (Å²) >= 11 is 1.46. The molecule has 3 heterocycles. The Hall–Kier alpha value is -2.66. The highest BCUT2D eigenvalue weighted by Crippen LogP contribution is 2.21. The van der Waals surface area contributed by atoms with Crippen LogP contribution in [0.3, 0.4) is 0 Å². The van der Waals surface area contributed by atoms with E-state index in [4.69, 9.17) is 4.74 Å². The second kappa shape index (κ2) is 9.00. The summed E-state index contributed by atoms with van der Waals surface area (Å²) in [7, 11) is -3.57. The zero-order valence-corrected chi connectivity index (χ0v) is 17.7. The molecule has 10 heteroatoms. The van der Waals surface area contributed by atoms with Crippen molar-refractivity contribution in [1.82, 2.24) is 19.6 Å². The highest BCUT2D eigenvalue weighted by Gasteiger charge is 2.26. The number of ether oxygens (including phenoxy) is 1. The van der Waals surface area contributed by atoms with E-state index < -0.39 is 10.0 Å². The molecule has 1 fully saturated rings. The molecule has 4 rings (SSSR count). The van der Waals surface area contributed by atoms with Crippen LogP contribution < -0.4 is 5.32 Å². The van der Waals surface area contributed by atoms with E-state index in [1.54, 1.807) is 12.4 Å². The topological polar surface area (TPSA) is 101 Å². The molecular weight excluding hydrogens is 424 g/mol. The second-order valence-electron chi connectivity index (χ2n) is 6.59. The van der Waals surface area contributed by atoms with Gasteiger partial charge in [-0.3, -0.25) is 9.78 Å². The van der Waals surface area contributed by atoms with Crippen LogP contribution >= 0.6 is 11.3 Å². The van der Waals surface area contributed by atoms with Gasteiger partial charge in [0.2, 0.25) is 10.0 Å². The number of benzene rings is 1. The van der Waals surface area contributed by atoms with Crippen molar-refractivity contribution in [2.75, 3.05) is 26.3 Å². The number of sulfonamides is 1. The van der Waals surface area contributed by atoms with Gasteiger partial charge in [0.25, 0.3) is 5.91 Å². The molecule has 1 aliphatic heterocycles. The Kier molecular flexibility index (Phi) is 6.18. The van der Waals surface area contributed by atoms with E-state index in [2.05, 4.69) is 15.3 Å². The molecule has 0 unspecified atom stereocenters. The highest BCUT2D eigenvalue weighted by atomic mass is 32.2. The van der Waals surface area contributed by atoms with Gasteiger partial charge in [-0.05, 0) is 36.4 Å². The van der Waals surface area contributed by atoms with Crippen molar-refractivity contribution in [3.05, 3.63) is 64.7 Å². The summed E-state index contributed by atoms with van der Waals surface area (Å²) in [4.78, 5) is 21.1. The molecule has 0 aliphatic carbocycles. The van der Waals surface area contributed by atoms with E-state index >= 15 is 0 Å². The Labute approximate surface area is 178 Å². The Balaban J connectivity index is 1.38. The summed E-state index contributed by atoms with van der Waals surface area (Å²) in [5, 5.41) is 5.53. The summed E-state index contributed by atoms with van der Waals surface area (Å²) < 4.78 is 31.9. The first-order valence-corrected chi connectivity index (χ1v) is 11.7. The second-order valence-corrected chi connectivity index (χ2v) is 9.47. The lowest BCUT2D eigenvalue weighted by Gasteiger charge is -2.26. The standard InChI is InChI=1S/C20H20N4O4S2/c25-20(22-13-19-23-18(14-29-19)15-5-7-21-8-6-15)16-1-3-17(4-2-16)30(26,27)24-9-11-28-12-10-24/h1-8,14H,9-13H2,(H,22,25). The Bertz CT molecular complexity index is 1110. The maximum atomic E-state index is 12.7. The van der Waals surface area contributed by atoms with E-state index in [0.29, 0.717) is 38.4 Å². The molecule has 1 aromatic carbocycles. The highest BCUT2D eigenvalue weighted by molar-refractivity contribution is 7.89. The lowest BCUT2D eigenvalue weighted by Crippen LogP contribution is -2.40. The number of thiazole rings is 1. The van der Waals surface area contributed by atoms with E-state index in [9.17, 15) is 13.2 Å². The smallest absolute Gasteiger partial charge is 0.251 e. The number of morpholine rings is 1. The molecule has 0 saturated carbocycles. The summed E-state index contributed by atoms with van der Waals surface area (Å²) in [6, 6.07) is 9.73. The summed E-state index contributed by atoms with van der Waals surface area (Å²) in [6.45, 7) is 1.74. The van der Waals surface area contributed by atoms with Gasteiger partial charge in [0.1, 0.15) is 5.01 Å². The predicted molar refractivity (Wildman–Crippen MR) is 113 cm³/mol. The van der Waals surface area contributed by atoms with Crippen LogP contribution in [-0.2, 0) is 21.3 Å². The molecule has 1 N–H and O–H groups in total. The van der Waals surface area contributed by atoms with Crippen LogP contribution in [0, 0.1) is 0 Å². The maximum Gasteiger partial charge on any atom is 0.251 e. The summed E-state index contributed by atoms with van der Waals surface area (Å²) in [5.41, 5.74) is 2.20. The van der Waals surface area contributed by atoms with Crippen LogP contribution in [0.5, 0.6) is 0 Å². The summed E-state index contributed by atoms with van der Waals surface area (Å²) in [6.07, 6.45) is 3.41. The molecule has 1 amide bonds. The Morgan fingerprint density at radius 2 is 1.80 bits per heavy atom. The quantitative estimate of drug-likeness (QED) is 0.625. The molecule has 0 radical (unpaired) electrons. The number of aromatic nitrogens is 2. The van der Waals surface area contributed by atoms with Crippen molar-refractivity contribution in [2.45, 2.75) is 11.4 Å². The minimum absolute atomic E-state index is 0.169. The molecule has 30 heavy (non-hydrogen) atoms. The van der Waals surface area contributed by atoms with Crippen LogP contribution in [0.25, 0.3) is 11.3 Å². The minimum Gasteiger partial charge on any atom is -0.379 e. The van der Waals surface area contributed by atoms with Gasteiger partial charge in [-0.2, -0.15) is 4.31 Å². The van der Waals surface area contributed by atoms with Crippen LogP contribution in [0.4, 0.5) is 0 Å². The van der Waals surface area contributed by atoms with Gasteiger partial charge in [0, 0.05) is 42.0 Å². The molecule has 1 saturated heterocycles. The number of nitrogens with zero attached hydrogens (tertiary/aromatic N) is 3. The van der Waals surface area contributed by atoms with E-state index in [0.717, 1.165) is 16.3 Å². The van der Waals surface area contributed by atoms with Crippen LogP contribution in [-0.4, -0.2) is 54.9 Å². The van der Waals surface area contributed by atoms with Gasteiger partial charge in [-0.25, -0.2) is 13.4 Å². The van der Waals surface area contributed by atoms with Crippen LogP contribution in [0.1, 0.15) is 15.4 Å². The minimum atomic E-state index is -3.57. The summed E-state index contributed by atoms with van der Waals surface area (Å²) in [5.74, 6) is -0.286. The number of carbonyl (C=O) groups excluding carboxylic acids is 1.